The highest BCUT2D eigenvalue weighted by Crippen LogP contribution is 2.26. The number of sulfone groups is 1. The number of methoxy groups -OCH3 is 1. The van der Waals surface area contributed by atoms with Crippen LogP contribution in [0.15, 0.2) is 29.3 Å². The van der Waals surface area contributed by atoms with Crippen LogP contribution in [0.3, 0.4) is 0 Å². The van der Waals surface area contributed by atoms with Crippen LogP contribution < -0.4 is 20.1 Å². The smallest absolute Gasteiger partial charge is 0.191 e. The zero-order chi connectivity index (χ0) is 19.4. The van der Waals surface area contributed by atoms with Gasteiger partial charge in [0.2, 0.25) is 0 Å². The Bertz CT molecular complexity index is 664. The van der Waals surface area contributed by atoms with Crippen LogP contribution in [0.2, 0.25) is 0 Å². The summed E-state index contributed by atoms with van der Waals surface area (Å²) < 4.78 is 38.4. The van der Waals surface area contributed by atoms with Gasteiger partial charge in [0.05, 0.1) is 32.6 Å². The number of aliphatic imine (C=N–C) groups is 1. The SMILES string of the molecule is CN=C(NCCOCCS(C)(=O)=O)NCC(C)Oc1ccccc1OC. The van der Waals surface area contributed by atoms with Crippen molar-refractivity contribution in [2.45, 2.75) is 13.0 Å². The first-order valence-electron chi connectivity index (χ1n) is 8.35. The fourth-order valence-corrected chi connectivity index (χ4v) is 2.41. The Morgan fingerprint density at radius 1 is 1.19 bits per heavy atom. The molecule has 0 aliphatic carbocycles. The number of hydrogen-bond acceptors (Lipinski definition) is 6. The van der Waals surface area contributed by atoms with E-state index in [1.165, 1.54) is 6.26 Å². The minimum absolute atomic E-state index is 0.0256. The maximum atomic E-state index is 11.0. The van der Waals surface area contributed by atoms with Crippen molar-refractivity contribution >= 4 is 15.8 Å². The Labute approximate surface area is 155 Å². The van der Waals surface area contributed by atoms with Crippen LogP contribution in [0.1, 0.15) is 6.92 Å². The molecule has 148 valence electrons. The standard InChI is InChI=1S/C17H29N3O5S/c1-14(25-16-8-6-5-7-15(16)23-3)13-20-17(18-2)19-9-10-24-11-12-26(4,21)22/h5-8,14H,9-13H2,1-4H3,(H2,18,19,20). The number of nitrogens with zero attached hydrogens (tertiary/aromatic N) is 1. The first-order valence-corrected chi connectivity index (χ1v) is 10.4. The van der Waals surface area contributed by atoms with Gasteiger partial charge in [-0.15, -0.1) is 0 Å². The Morgan fingerprint density at radius 2 is 1.88 bits per heavy atom. The minimum atomic E-state index is -2.99. The predicted molar refractivity (Wildman–Crippen MR) is 103 cm³/mol. The van der Waals surface area contributed by atoms with Crippen molar-refractivity contribution in [1.82, 2.24) is 10.6 Å². The van der Waals surface area contributed by atoms with Crippen molar-refractivity contribution in [2.24, 2.45) is 4.99 Å². The molecule has 2 N–H and O–H groups in total. The summed E-state index contributed by atoms with van der Waals surface area (Å²) in [5, 5.41) is 6.26. The Morgan fingerprint density at radius 3 is 2.50 bits per heavy atom. The van der Waals surface area contributed by atoms with E-state index in [9.17, 15) is 8.42 Å². The number of nitrogens with one attached hydrogen (secondary N) is 2. The molecule has 0 saturated carbocycles. The summed E-state index contributed by atoms with van der Waals surface area (Å²) in [6, 6.07) is 7.48. The molecule has 0 radical (unpaired) electrons. The molecule has 1 atom stereocenters. The Balaban J connectivity index is 2.26. The number of para-hydroxylation sites is 2. The van der Waals surface area contributed by atoms with E-state index in [2.05, 4.69) is 15.6 Å². The number of ether oxygens (including phenoxy) is 3. The van der Waals surface area contributed by atoms with Crippen molar-refractivity contribution in [3.8, 4) is 11.5 Å². The lowest BCUT2D eigenvalue weighted by Gasteiger charge is -2.19. The van der Waals surface area contributed by atoms with Gasteiger partial charge in [-0.25, -0.2) is 8.42 Å². The van der Waals surface area contributed by atoms with E-state index < -0.39 is 9.84 Å². The highest BCUT2D eigenvalue weighted by atomic mass is 32.2. The van der Waals surface area contributed by atoms with Gasteiger partial charge in [-0.1, -0.05) is 12.1 Å². The molecule has 0 aromatic heterocycles. The summed E-state index contributed by atoms with van der Waals surface area (Å²) in [7, 11) is 0.293. The van der Waals surface area contributed by atoms with E-state index in [1.807, 2.05) is 31.2 Å². The molecule has 1 aromatic rings. The van der Waals surface area contributed by atoms with Gasteiger partial charge in [-0.05, 0) is 19.1 Å². The normalized spacial score (nSPS) is 13.2. The molecular formula is C17H29N3O5S. The van der Waals surface area contributed by atoms with Gasteiger partial charge in [0, 0.05) is 19.8 Å². The predicted octanol–water partition coefficient (Wildman–Crippen LogP) is 0.689. The third kappa shape index (κ3) is 9.47. The van der Waals surface area contributed by atoms with Crippen LogP contribution in [0.5, 0.6) is 11.5 Å². The summed E-state index contributed by atoms with van der Waals surface area (Å²) in [6.45, 7) is 3.60. The van der Waals surface area contributed by atoms with Crippen molar-refractivity contribution < 1.29 is 22.6 Å². The fraction of sp³-hybridized carbons (Fsp3) is 0.588. The second kappa shape index (κ2) is 11.6. The summed E-state index contributed by atoms with van der Waals surface area (Å²) in [5.41, 5.74) is 0. The van der Waals surface area contributed by atoms with Gasteiger partial charge in [0.25, 0.3) is 0 Å². The van der Waals surface area contributed by atoms with Crippen LogP contribution in [0.4, 0.5) is 0 Å². The number of guanidine groups is 1. The van der Waals surface area contributed by atoms with Crippen LogP contribution in [0, 0.1) is 0 Å². The lowest BCUT2D eigenvalue weighted by Crippen LogP contribution is -2.42. The second-order valence-corrected chi connectivity index (χ2v) is 7.96. The highest BCUT2D eigenvalue weighted by molar-refractivity contribution is 7.90. The molecule has 0 aliphatic heterocycles. The lowest BCUT2D eigenvalue weighted by molar-refractivity contribution is 0.154. The molecule has 1 aromatic carbocycles. The molecule has 0 amide bonds. The maximum Gasteiger partial charge on any atom is 0.191 e. The molecule has 1 rings (SSSR count). The Hall–Kier alpha value is -2.00. The van der Waals surface area contributed by atoms with Crippen molar-refractivity contribution in [3.63, 3.8) is 0 Å². The molecule has 8 nitrogen and oxygen atoms in total. The van der Waals surface area contributed by atoms with E-state index in [0.29, 0.717) is 37.2 Å². The largest absolute Gasteiger partial charge is 0.493 e. The average molecular weight is 388 g/mol. The summed E-state index contributed by atoms with van der Waals surface area (Å²) >= 11 is 0. The zero-order valence-corrected chi connectivity index (χ0v) is 16.6. The number of benzene rings is 1. The molecule has 0 spiro atoms. The molecule has 9 heteroatoms. The molecule has 0 fully saturated rings. The van der Waals surface area contributed by atoms with E-state index in [4.69, 9.17) is 14.2 Å². The molecule has 26 heavy (non-hydrogen) atoms. The van der Waals surface area contributed by atoms with Gasteiger partial charge < -0.3 is 24.8 Å². The molecule has 0 aliphatic rings. The van der Waals surface area contributed by atoms with Crippen LogP contribution in [-0.4, -0.2) is 73.0 Å². The van der Waals surface area contributed by atoms with Crippen LogP contribution in [0.25, 0.3) is 0 Å². The summed E-state index contributed by atoms with van der Waals surface area (Å²) in [5.74, 6) is 2.02. The van der Waals surface area contributed by atoms with Gasteiger partial charge in [0.15, 0.2) is 17.5 Å². The van der Waals surface area contributed by atoms with E-state index >= 15 is 0 Å². The lowest BCUT2D eigenvalue weighted by atomic mass is 10.3. The third-order valence-corrected chi connectivity index (χ3v) is 4.22. The van der Waals surface area contributed by atoms with Crippen LogP contribution in [-0.2, 0) is 14.6 Å². The van der Waals surface area contributed by atoms with Crippen molar-refractivity contribution in [1.29, 1.82) is 0 Å². The average Bonchev–Trinajstić information content (AvgIpc) is 2.60. The quantitative estimate of drug-likeness (QED) is 0.327. The minimum Gasteiger partial charge on any atom is -0.493 e. The van der Waals surface area contributed by atoms with Gasteiger partial charge in [0.1, 0.15) is 15.9 Å². The van der Waals surface area contributed by atoms with E-state index in [0.717, 1.165) is 0 Å². The maximum absolute atomic E-state index is 11.0. The van der Waals surface area contributed by atoms with E-state index in [-0.39, 0.29) is 18.5 Å². The molecule has 0 saturated heterocycles. The highest BCUT2D eigenvalue weighted by Gasteiger charge is 2.09. The molecule has 0 heterocycles. The first kappa shape index (κ1) is 22.0. The molecular weight excluding hydrogens is 358 g/mol. The summed E-state index contributed by atoms with van der Waals surface area (Å²) in [6.07, 6.45) is 1.09. The van der Waals surface area contributed by atoms with Crippen molar-refractivity contribution in [3.05, 3.63) is 24.3 Å². The number of rotatable bonds is 11. The topological polar surface area (TPSA) is 98.3 Å². The van der Waals surface area contributed by atoms with Gasteiger partial charge >= 0.3 is 0 Å². The van der Waals surface area contributed by atoms with E-state index in [1.54, 1.807) is 14.2 Å². The zero-order valence-electron chi connectivity index (χ0n) is 15.8. The fourth-order valence-electron chi connectivity index (χ4n) is 1.99. The third-order valence-electron chi connectivity index (χ3n) is 3.32. The molecule has 1 unspecified atom stereocenters. The molecule has 0 bridgehead atoms. The monoisotopic (exact) mass is 387 g/mol. The van der Waals surface area contributed by atoms with Gasteiger partial charge in [-0.3, -0.25) is 4.99 Å². The number of hydrogen-bond donors (Lipinski definition) is 2. The first-order chi connectivity index (χ1) is 12.4. The summed E-state index contributed by atoms with van der Waals surface area (Å²) in [4.78, 5) is 4.12. The van der Waals surface area contributed by atoms with Crippen molar-refractivity contribution in [2.75, 3.05) is 52.5 Å². The second-order valence-electron chi connectivity index (χ2n) is 5.70. The van der Waals surface area contributed by atoms with Crippen LogP contribution >= 0.6 is 0 Å². The van der Waals surface area contributed by atoms with Gasteiger partial charge in [-0.2, -0.15) is 0 Å². The Kier molecular flexibility index (Phi) is 9.82.